The van der Waals surface area contributed by atoms with Gasteiger partial charge in [0.1, 0.15) is 17.9 Å². The van der Waals surface area contributed by atoms with Gasteiger partial charge in [-0.05, 0) is 38.5 Å². The molecule has 0 unspecified atom stereocenters. The highest BCUT2D eigenvalue weighted by Crippen LogP contribution is 2.21. The molecule has 2 rings (SSSR count). The molecular weight excluding hydrogens is 344 g/mol. The Morgan fingerprint density at radius 1 is 1.19 bits per heavy atom. The van der Waals surface area contributed by atoms with E-state index in [1.165, 1.54) is 42.8 Å². The number of hydrogen-bond acceptors (Lipinski definition) is 7. The lowest BCUT2D eigenvalue weighted by molar-refractivity contribution is -0.386. The molecule has 0 aliphatic heterocycles. The molecule has 2 aromatic rings. The van der Waals surface area contributed by atoms with Gasteiger partial charge >= 0.3 is 5.69 Å². The minimum absolute atomic E-state index is 0.0447. The molecule has 0 saturated heterocycles. The maximum atomic E-state index is 12.0. The van der Waals surface area contributed by atoms with Gasteiger partial charge in [-0.1, -0.05) is 0 Å². The van der Waals surface area contributed by atoms with Crippen molar-refractivity contribution >= 4 is 23.0 Å². The van der Waals surface area contributed by atoms with Crippen molar-refractivity contribution in [2.75, 3.05) is 0 Å². The first-order valence-corrected chi connectivity index (χ1v) is 7.47. The molecule has 1 N–H and O–H groups in total. The Balaban J connectivity index is 2.06. The molecule has 26 heavy (non-hydrogen) atoms. The lowest BCUT2D eigenvalue weighted by Crippen LogP contribution is -2.25. The van der Waals surface area contributed by atoms with Crippen LogP contribution in [0.5, 0.6) is 0 Å². The Morgan fingerprint density at radius 3 is 2.31 bits per heavy atom. The largest absolute Gasteiger partial charge is 0.312 e. The Labute approximate surface area is 147 Å². The second-order valence-corrected chi connectivity index (χ2v) is 5.47. The van der Waals surface area contributed by atoms with Gasteiger partial charge in [-0.3, -0.25) is 29.7 Å². The van der Waals surface area contributed by atoms with Gasteiger partial charge in [0, 0.05) is 12.1 Å². The lowest BCUT2D eigenvalue weighted by atomic mass is 10.1. The Morgan fingerprint density at radius 2 is 1.81 bits per heavy atom. The van der Waals surface area contributed by atoms with E-state index < -0.39 is 15.8 Å². The Kier molecular flexibility index (Phi) is 5.40. The van der Waals surface area contributed by atoms with Crippen molar-refractivity contribution in [3.63, 3.8) is 0 Å². The van der Waals surface area contributed by atoms with E-state index in [4.69, 9.17) is 0 Å². The number of aromatic nitrogens is 2. The Bertz CT molecular complexity index is 900. The number of hydrazone groups is 1. The summed E-state index contributed by atoms with van der Waals surface area (Å²) >= 11 is 0. The summed E-state index contributed by atoms with van der Waals surface area (Å²) in [5.74, 6) is -0.508. The molecule has 0 fully saturated rings. The SMILES string of the molecule is C/C(=N\NC(=O)Cn1nc(C)c([N+](=O)[O-])c1C)c1ccc([N+](=O)[O-])cc1. The van der Waals surface area contributed by atoms with Crippen LogP contribution in [0.4, 0.5) is 11.4 Å². The predicted octanol–water partition coefficient (Wildman–Crippen LogP) is 1.86. The summed E-state index contributed by atoms with van der Waals surface area (Å²) in [6.45, 7) is 4.42. The van der Waals surface area contributed by atoms with Crippen LogP contribution in [0.25, 0.3) is 0 Å². The standard InChI is InChI=1S/C15H16N6O5/c1-9(12-4-6-13(7-5-12)20(23)24)16-17-14(22)8-19-11(3)15(21(25)26)10(2)18-19/h4-7H,8H2,1-3H3,(H,17,22)/b16-9+. The lowest BCUT2D eigenvalue weighted by Gasteiger charge is -2.04. The number of rotatable bonds is 6. The average Bonchev–Trinajstić information content (AvgIpc) is 2.86. The van der Waals surface area contributed by atoms with Crippen LogP contribution in [0, 0.1) is 34.1 Å². The fraction of sp³-hybridized carbons (Fsp3) is 0.267. The number of nitro groups is 2. The van der Waals surface area contributed by atoms with Gasteiger partial charge in [-0.15, -0.1) is 0 Å². The van der Waals surface area contributed by atoms with Crippen LogP contribution in [0.2, 0.25) is 0 Å². The second-order valence-electron chi connectivity index (χ2n) is 5.47. The highest BCUT2D eigenvalue weighted by Gasteiger charge is 2.22. The van der Waals surface area contributed by atoms with Crippen LogP contribution in [-0.2, 0) is 11.3 Å². The number of hydrogen-bond donors (Lipinski definition) is 1. The molecule has 1 aromatic carbocycles. The van der Waals surface area contributed by atoms with Gasteiger partial charge in [0.25, 0.3) is 11.6 Å². The predicted molar refractivity (Wildman–Crippen MR) is 91.8 cm³/mol. The van der Waals surface area contributed by atoms with Gasteiger partial charge in [0.15, 0.2) is 0 Å². The first-order chi connectivity index (χ1) is 12.2. The van der Waals surface area contributed by atoms with Crippen molar-refractivity contribution in [3.05, 3.63) is 61.4 Å². The van der Waals surface area contributed by atoms with Crippen molar-refractivity contribution in [1.82, 2.24) is 15.2 Å². The maximum absolute atomic E-state index is 12.0. The zero-order valence-electron chi connectivity index (χ0n) is 14.3. The first-order valence-electron chi connectivity index (χ1n) is 7.47. The van der Waals surface area contributed by atoms with E-state index in [1.54, 1.807) is 6.92 Å². The highest BCUT2D eigenvalue weighted by atomic mass is 16.6. The normalized spacial score (nSPS) is 11.3. The molecule has 11 nitrogen and oxygen atoms in total. The molecule has 0 spiro atoms. The smallest absolute Gasteiger partial charge is 0.271 e. The van der Waals surface area contributed by atoms with E-state index in [0.717, 1.165) is 0 Å². The van der Waals surface area contributed by atoms with E-state index >= 15 is 0 Å². The number of nitrogens with zero attached hydrogens (tertiary/aromatic N) is 5. The number of carbonyl (C=O) groups is 1. The topological polar surface area (TPSA) is 146 Å². The van der Waals surface area contributed by atoms with Crippen LogP contribution in [0.15, 0.2) is 29.4 Å². The summed E-state index contributed by atoms with van der Waals surface area (Å²) in [6.07, 6.45) is 0. The summed E-state index contributed by atoms with van der Waals surface area (Å²) in [4.78, 5) is 32.6. The van der Waals surface area contributed by atoms with Gasteiger partial charge in [-0.25, -0.2) is 5.43 Å². The molecule has 0 bridgehead atoms. The number of carbonyl (C=O) groups excluding carboxylic acids is 1. The summed E-state index contributed by atoms with van der Waals surface area (Å²) in [5.41, 5.74) is 3.73. The molecule has 0 atom stereocenters. The molecule has 0 aliphatic rings. The number of amides is 1. The molecule has 1 aromatic heterocycles. The molecular formula is C15H16N6O5. The van der Waals surface area contributed by atoms with Crippen molar-refractivity contribution in [1.29, 1.82) is 0 Å². The summed E-state index contributed by atoms with van der Waals surface area (Å²) in [5, 5.41) is 29.5. The summed E-state index contributed by atoms with van der Waals surface area (Å²) < 4.78 is 1.24. The number of nitrogens with one attached hydrogen (secondary N) is 1. The molecule has 1 heterocycles. The van der Waals surface area contributed by atoms with Gasteiger partial charge in [0.05, 0.1) is 15.6 Å². The number of nitro benzene ring substituents is 1. The van der Waals surface area contributed by atoms with Gasteiger partial charge in [0.2, 0.25) is 0 Å². The molecule has 0 aliphatic carbocycles. The van der Waals surface area contributed by atoms with E-state index in [2.05, 4.69) is 15.6 Å². The van der Waals surface area contributed by atoms with Crippen LogP contribution in [0.3, 0.4) is 0 Å². The van der Waals surface area contributed by atoms with E-state index in [0.29, 0.717) is 11.3 Å². The first kappa shape index (κ1) is 18.7. The quantitative estimate of drug-likeness (QED) is 0.472. The second kappa shape index (κ2) is 7.51. The molecule has 0 saturated carbocycles. The summed E-state index contributed by atoms with van der Waals surface area (Å²) in [6, 6.07) is 5.72. The molecule has 11 heteroatoms. The maximum Gasteiger partial charge on any atom is 0.312 e. The molecule has 1 amide bonds. The number of non-ortho nitro benzene ring substituents is 1. The zero-order valence-corrected chi connectivity index (χ0v) is 14.3. The van der Waals surface area contributed by atoms with Crippen LogP contribution >= 0.6 is 0 Å². The monoisotopic (exact) mass is 360 g/mol. The van der Waals surface area contributed by atoms with E-state index in [-0.39, 0.29) is 29.3 Å². The number of aryl methyl sites for hydroxylation is 1. The third-order valence-electron chi connectivity index (χ3n) is 3.66. The van der Waals surface area contributed by atoms with Crippen LogP contribution in [-0.4, -0.2) is 31.2 Å². The minimum atomic E-state index is -0.539. The Hall–Kier alpha value is -3.63. The third kappa shape index (κ3) is 4.06. The highest BCUT2D eigenvalue weighted by molar-refractivity contribution is 5.99. The van der Waals surface area contributed by atoms with E-state index in [1.807, 2.05) is 0 Å². The van der Waals surface area contributed by atoms with Crippen LogP contribution < -0.4 is 5.43 Å². The van der Waals surface area contributed by atoms with Gasteiger partial charge < -0.3 is 0 Å². The summed E-state index contributed by atoms with van der Waals surface area (Å²) in [7, 11) is 0. The average molecular weight is 360 g/mol. The fourth-order valence-electron chi connectivity index (χ4n) is 2.31. The zero-order chi connectivity index (χ0) is 19.4. The number of benzene rings is 1. The molecule has 0 radical (unpaired) electrons. The van der Waals surface area contributed by atoms with Gasteiger partial charge in [-0.2, -0.15) is 10.2 Å². The third-order valence-corrected chi connectivity index (χ3v) is 3.66. The van der Waals surface area contributed by atoms with Crippen molar-refractivity contribution in [2.45, 2.75) is 27.3 Å². The molecule has 136 valence electrons. The van der Waals surface area contributed by atoms with Crippen molar-refractivity contribution < 1.29 is 14.6 Å². The van der Waals surface area contributed by atoms with E-state index in [9.17, 15) is 25.0 Å². The fourth-order valence-corrected chi connectivity index (χ4v) is 2.31. The van der Waals surface area contributed by atoms with Crippen molar-refractivity contribution in [3.8, 4) is 0 Å². The minimum Gasteiger partial charge on any atom is -0.271 e. The van der Waals surface area contributed by atoms with Crippen molar-refractivity contribution in [2.24, 2.45) is 5.10 Å². The van der Waals surface area contributed by atoms with Crippen LogP contribution in [0.1, 0.15) is 23.9 Å².